The van der Waals surface area contributed by atoms with Crippen molar-refractivity contribution in [1.29, 1.82) is 0 Å². The molecule has 0 spiro atoms. The molecule has 0 aliphatic heterocycles. The summed E-state index contributed by atoms with van der Waals surface area (Å²) in [6.45, 7) is 7.90. The second-order valence-electron chi connectivity index (χ2n) is 6.35. The van der Waals surface area contributed by atoms with Crippen LogP contribution in [0, 0.1) is 6.92 Å². The predicted octanol–water partition coefficient (Wildman–Crippen LogP) is 5.15. The Labute approximate surface area is 173 Å². The zero-order valence-corrected chi connectivity index (χ0v) is 17.2. The molecule has 0 saturated heterocycles. The molecule has 0 radical (unpaired) electrons. The number of anilines is 2. The number of carboxylic acids is 1. The minimum Gasteiger partial charge on any atom is -0.479 e. The molecule has 0 aliphatic rings. The number of carboxylic acid groups (broad SMARTS) is 1. The van der Waals surface area contributed by atoms with E-state index in [1.807, 2.05) is 42.6 Å². The van der Waals surface area contributed by atoms with Gasteiger partial charge in [0.2, 0.25) is 0 Å². The Morgan fingerprint density at radius 2 is 2.07 bits per heavy atom. The van der Waals surface area contributed by atoms with Gasteiger partial charge in [0.1, 0.15) is 5.82 Å². The van der Waals surface area contributed by atoms with Gasteiger partial charge < -0.3 is 15.2 Å². The first-order valence-corrected chi connectivity index (χ1v) is 10.1. The van der Waals surface area contributed by atoms with Crippen LogP contribution in [0.4, 0.5) is 11.5 Å². The molecule has 0 saturated carbocycles. The van der Waals surface area contributed by atoms with E-state index in [-0.39, 0.29) is 0 Å². The standard InChI is InChI=1S/C22H23N3O3S/c1-4-7-17-14(3)23-21(18-8-6-13-29-18)25-20(17)24-16-11-9-15(10-12-16)19(22(26)27)28-5-2/h4,6,8-13,19H,1,5,7H2,2-3H3,(H,26,27)(H,23,24,25). The number of allylic oxidation sites excluding steroid dienone is 1. The van der Waals surface area contributed by atoms with Gasteiger partial charge in [0, 0.05) is 23.6 Å². The van der Waals surface area contributed by atoms with Gasteiger partial charge in [0.05, 0.1) is 4.88 Å². The maximum absolute atomic E-state index is 11.4. The fourth-order valence-electron chi connectivity index (χ4n) is 2.96. The van der Waals surface area contributed by atoms with E-state index in [1.54, 1.807) is 30.4 Å². The van der Waals surface area contributed by atoms with Gasteiger partial charge in [-0.25, -0.2) is 14.8 Å². The van der Waals surface area contributed by atoms with Crippen LogP contribution in [0.3, 0.4) is 0 Å². The summed E-state index contributed by atoms with van der Waals surface area (Å²) in [5.74, 6) is 0.382. The quantitative estimate of drug-likeness (QED) is 0.476. The normalized spacial score (nSPS) is 11.8. The second kappa shape index (κ2) is 9.45. The van der Waals surface area contributed by atoms with Crippen molar-refractivity contribution in [1.82, 2.24) is 9.97 Å². The number of benzene rings is 1. The van der Waals surface area contributed by atoms with Crippen molar-refractivity contribution in [3.63, 3.8) is 0 Å². The van der Waals surface area contributed by atoms with Crippen LogP contribution < -0.4 is 5.32 Å². The summed E-state index contributed by atoms with van der Waals surface area (Å²) in [6.07, 6.45) is 1.49. The molecule has 1 atom stereocenters. The highest BCUT2D eigenvalue weighted by Gasteiger charge is 2.20. The van der Waals surface area contributed by atoms with Crippen LogP contribution in [0.1, 0.15) is 29.8 Å². The number of thiophene rings is 1. The third-order valence-corrected chi connectivity index (χ3v) is 5.20. The molecular formula is C22H23N3O3S. The smallest absolute Gasteiger partial charge is 0.337 e. The number of nitrogens with zero attached hydrogens (tertiary/aromatic N) is 2. The third kappa shape index (κ3) is 4.88. The lowest BCUT2D eigenvalue weighted by Crippen LogP contribution is -2.15. The van der Waals surface area contributed by atoms with Gasteiger partial charge in [0.15, 0.2) is 11.9 Å². The first-order chi connectivity index (χ1) is 14.0. The zero-order valence-electron chi connectivity index (χ0n) is 16.4. The number of rotatable bonds is 9. The highest BCUT2D eigenvalue weighted by atomic mass is 32.1. The molecule has 7 heteroatoms. The topological polar surface area (TPSA) is 84.3 Å². The van der Waals surface area contributed by atoms with Crippen molar-refractivity contribution in [3.05, 3.63) is 71.3 Å². The largest absolute Gasteiger partial charge is 0.479 e. The summed E-state index contributed by atoms with van der Waals surface area (Å²) in [7, 11) is 0. The first kappa shape index (κ1) is 20.7. The Bertz CT molecular complexity index is 985. The highest BCUT2D eigenvalue weighted by molar-refractivity contribution is 7.13. The van der Waals surface area contributed by atoms with Crippen LogP contribution in [0.25, 0.3) is 10.7 Å². The monoisotopic (exact) mass is 409 g/mol. The lowest BCUT2D eigenvalue weighted by atomic mass is 10.1. The van der Waals surface area contributed by atoms with Gasteiger partial charge in [-0.05, 0) is 49.4 Å². The number of hydrogen-bond acceptors (Lipinski definition) is 6. The van der Waals surface area contributed by atoms with Gasteiger partial charge in [-0.1, -0.05) is 24.3 Å². The fraction of sp³-hybridized carbons (Fsp3) is 0.227. The van der Waals surface area contributed by atoms with Crippen molar-refractivity contribution >= 4 is 28.8 Å². The van der Waals surface area contributed by atoms with Crippen LogP contribution in [0.2, 0.25) is 0 Å². The van der Waals surface area contributed by atoms with E-state index in [9.17, 15) is 9.90 Å². The summed E-state index contributed by atoms with van der Waals surface area (Å²) >= 11 is 1.59. The van der Waals surface area contributed by atoms with E-state index in [0.29, 0.717) is 30.2 Å². The maximum atomic E-state index is 11.4. The molecule has 0 bridgehead atoms. The van der Waals surface area contributed by atoms with E-state index in [4.69, 9.17) is 9.72 Å². The number of aliphatic carboxylic acids is 1. The average molecular weight is 410 g/mol. The van der Waals surface area contributed by atoms with Gasteiger partial charge in [-0.3, -0.25) is 0 Å². The molecule has 2 N–H and O–H groups in total. The lowest BCUT2D eigenvalue weighted by molar-refractivity contribution is -0.150. The second-order valence-corrected chi connectivity index (χ2v) is 7.30. The summed E-state index contributed by atoms with van der Waals surface area (Å²) < 4.78 is 5.32. The summed E-state index contributed by atoms with van der Waals surface area (Å²) in [4.78, 5) is 21.8. The molecule has 6 nitrogen and oxygen atoms in total. The summed E-state index contributed by atoms with van der Waals surface area (Å²) in [6, 6.07) is 11.1. The molecule has 2 heterocycles. The van der Waals surface area contributed by atoms with E-state index >= 15 is 0 Å². The van der Waals surface area contributed by atoms with E-state index in [1.165, 1.54) is 0 Å². The lowest BCUT2D eigenvalue weighted by Gasteiger charge is -2.15. The number of nitrogens with one attached hydrogen (secondary N) is 1. The predicted molar refractivity (Wildman–Crippen MR) is 116 cm³/mol. The molecule has 3 rings (SSSR count). The molecule has 0 aliphatic carbocycles. The Balaban J connectivity index is 1.92. The van der Waals surface area contributed by atoms with Gasteiger partial charge in [-0.2, -0.15) is 0 Å². The first-order valence-electron chi connectivity index (χ1n) is 9.27. The highest BCUT2D eigenvalue weighted by Crippen LogP contribution is 2.28. The minimum atomic E-state index is -1.01. The fourth-order valence-corrected chi connectivity index (χ4v) is 3.62. The Kier molecular flexibility index (Phi) is 6.74. The van der Waals surface area contributed by atoms with E-state index in [2.05, 4.69) is 16.9 Å². The number of aryl methyl sites for hydroxylation is 1. The molecular weight excluding hydrogens is 386 g/mol. The van der Waals surface area contributed by atoms with Crippen molar-refractivity contribution in [3.8, 4) is 10.7 Å². The van der Waals surface area contributed by atoms with Crippen molar-refractivity contribution in [2.45, 2.75) is 26.4 Å². The van der Waals surface area contributed by atoms with E-state index < -0.39 is 12.1 Å². The average Bonchev–Trinajstić information content (AvgIpc) is 3.24. The van der Waals surface area contributed by atoms with Gasteiger partial charge >= 0.3 is 5.97 Å². The number of aromatic nitrogens is 2. The van der Waals surface area contributed by atoms with Crippen LogP contribution in [-0.2, 0) is 16.0 Å². The van der Waals surface area contributed by atoms with Crippen LogP contribution in [-0.4, -0.2) is 27.7 Å². The SMILES string of the molecule is C=CCc1c(C)nc(-c2cccs2)nc1Nc1ccc(C(OCC)C(=O)O)cc1. The zero-order chi connectivity index (χ0) is 20.8. The van der Waals surface area contributed by atoms with Crippen LogP contribution >= 0.6 is 11.3 Å². The Hall–Kier alpha value is -3.03. The van der Waals surface area contributed by atoms with Crippen molar-refractivity contribution < 1.29 is 14.6 Å². The summed E-state index contributed by atoms with van der Waals surface area (Å²) in [5.41, 5.74) is 3.26. The van der Waals surface area contributed by atoms with E-state index in [0.717, 1.165) is 21.8 Å². The molecule has 2 aromatic heterocycles. The number of carbonyl (C=O) groups is 1. The number of ether oxygens (including phenoxy) is 1. The molecule has 150 valence electrons. The van der Waals surface area contributed by atoms with Gasteiger partial charge in [-0.15, -0.1) is 17.9 Å². The molecule has 0 fully saturated rings. The molecule has 29 heavy (non-hydrogen) atoms. The molecule has 1 unspecified atom stereocenters. The molecule has 1 aromatic carbocycles. The maximum Gasteiger partial charge on any atom is 0.337 e. The summed E-state index contributed by atoms with van der Waals surface area (Å²) in [5, 5.41) is 14.7. The van der Waals surface area contributed by atoms with Gasteiger partial charge in [0.25, 0.3) is 0 Å². The number of hydrogen-bond donors (Lipinski definition) is 2. The van der Waals surface area contributed by atoms with Crippen LogP contribution in [0.5, 0.6) is 0 Å². The Morgan fingerprint density at radius 1 is 1.31 bits per heavy atom. The molecule has 0 amide bonds. The van der Waals surface area contributed by atoms with Crippen molar-refractivity contribution in [2.75, 3.05) is 11.9 Å². The third-order valence-electron chi connectivity index (χ3n) is 4.34. The molecule has 3 aromatic rings. The Morgan fingerprint density at radius 3 is 2.66 bits per heavy atom. The minimum absolute atomic E-state index is 0.327. The van der Waals surface area contributed by atoms with Crippen LogP contribution in [0.15, 0.2) is 54.4 Å². The van der Waals surface area contributed by atoms with Crippen molar-refractivity contribution in [2.24, 2.45) is 0 Å².